The molecule has 1 saturated heterocycles. The number of primary amides is 1. The van der Waals surface area contributed by atoms with Gasteiger partial charge in [-0.15, -0.1) is 0 Å². The number of rotatable bonds is 14. The lowest BCUT2D eigenvalue weighted by molar-refractivity contribution is -0.144. The normalized spacial score (nSPS) is 15.3. The Morgan fingerprint density at radius 1 is 1.05 bits per heavy atom. The molecule has 11 heteroatoms. The molecular formula is C32H41N5O6. The van der Waals surface area contributed by atoms with Gasteiger partial charge in [0.15, 0.2) is 0 Å². The Hall–Kier alpha value is -4.43. The van der Waals surface area contributed by atoms with Crippen LogP contribution in [0.5, 0.6) is 5.75 Å². The summed E-state index contributed by atoms with van der Waals surface area (Å²) in [5.74, 6) is -0.805. The number of ether oxygens (including phenoxy) is 2. The van der Waals surface area contributed by atoms with Crippen LogP contribution in [0.15, 0.2) is 48.5 Å². The number of carbonyl (C=O) groups excluding carboxylic acids is 4. The molecule has 2 aromatic carbocycles. The van der Waals surface area contributed by atoms with Gasteiger partial charge < -0.3 is 30.7 Å². The summed E-state index contributed by atoms with van der Waals surface area (Å²) in [6, 6.07) is 14.1. The number of carbonyl (C=O) groups is 4. The van der Waals surface area contributed by atoms with Crippen molar-refractivity contribution >= 4 is 23.6 Å². The van der Waals surface area contributed by atoms with Crippen molar-refractivity contribution in [3.05, 3.63) is 65.2 Å². The molecule has 230 valence electrons. The van der Waals surface area contributed by atoms with E-state index in [4.69, 9.17) is 20.5 Å². The van der Waals surface area contributed by atoms with Crippen molar-refractivity contribution in [2.75, 3.05) is 26.4 Å². The lowest BCUT2D eigenvalue weighted by Gasteiger charge is -2.35. The second-order valence-electron chi connectivity index (χ2n) is 11.6. The van der Waals surface area contributed by atoms with Gasteiger partial charge in [-0.05, 0) is 73.1 Å². The first kappa shape index (κ1) is 33.1. The van der Waals surface area contributed by atoms with Gasteiger partial charge in [-0.25, -0.2) is 0 Å². The van der Waals surface area contributed by atoms with Gasteiger partial charge in [-0.2, -0.15) is 5.26 Å². The molecule has 11 nitrogen and oxygen atoms in total. The summed E-state index contributed by atoms with van der Waals surface area (Å²) in [4.78, 5) is 52.1. The highest BCUT2D eigenvalue weighted by Gasteiger charge is 2.41. The molecule has 1 fully saturated rings. The van der Waals surface area contributed by atoms with E-state index in [9.17, 15) is 19.2 Å². The number of benzene rings is 2. The predicted octanol–water partition coefficient (Wildman–Crippen LogP) is 2.67. The van der Waals surface area contributed by atoms with Crippen LogP contribution in [0.1, 0.15) is 67.9 Å². The molecule has 2 atom stereocenters. The Balaban J connectivity index is 1.42. The minimum absolute atomic E-state index is 0.191. The van der Waals surface area contributed by atoms with Gasteiger partial charge in [0.25, 0.3) is 0 Å². The molecule has 1 heterocycles. The topological polar surface area (TPSA) is 164 Å². The molecule has 0 unspecified atom stereocenters. The molecule has 0 bridgehead atoms. The number of nitrogens with two attached hydrogens (primary N) is 1. The molecule has 1 aliphatic heterocycles. The minimum atomic E-state index is -0.829. The summed E-state index contributed by atoms with van der Waals surface area (Å²) in [5.41, 5.74) is 6.45. The molecule has 0 spiro atoms. The average molecular weight is 592 g/mol. The van der Waals surface area contributed by atoms with Gasteiger partial charge >= 0.3 is 0 Å². The summed E-state index contributed by atoms with van der Waals surface area (Å²) >= 11 is 0. The smallest absolute Gasteiger partial charge is 0.248 e. The van der Waals surface area contributed by atoms with Gasteiger partial charge in [-0.1, -0.05) is 32.9 Å². The first-order valence-corrected chi connectivity index (χ1v) is 14.5. The number of hydrogen-bond acceptors (Lipinski definition) is 7. The van der Waals surface area contributed by atoms with Crippen LogP contribution in [0, 0.1) is 16.7 Å². The van der Waals surface area contributed by atoms with Gasteiger partial charge in [0.2, 0.25) is 23.6 Å². The fourth-order valence-electron chi connectivity index (χ4n) is 4.70. The van der Waals surface area contributed by atoms with Crippen LogP contribution in [0.4, 0.5) is 0 Å². The van der Waals surface area contributed by atoms with Crippen LogP contribution in [-0.2, 0) is 25.7 Å². The summed E-state index contributed by atoms with van der Waals surface area (Å²) in [6.45, 7) is 6.93. The third-order valence-corrected chi connectivity index (χ3v) is 7.13. The Bertz CT molecular complexity index is 1300. The highest BCUT2D eigenvalue weighted by Crippen LogP contribution is 2.26. The number of likely N-dealkylation sites (tertiary alicyclic amines) is 1. The maximum absolute atomic E-state index is 13.6. The first-order valence-electron chi connectivity index (χ1n) is 14.5. The Labute approximate surface area is 252 Å². The minimum Gasteiger partial charge on any atom is -0.494 e. The van der Waals surface area contributed by atoms with E-state index in [-0.39, 0.29) is 25.0 Å². The van der Waals surface area contributed by atoms with E-state index in [0.717, 1.165) is 5.56 Å². The zero-order valence-electron chi connectivity index (χ0n) is 25.1. The van der Waals surface area contributed by atoms with Crippen LogP contribution >= 0.6 is 0 Å². The van der Waals surface area contributed by atoms with Crippen molar-refractivity contribution in [1.82, 2.24) is 15.5 Å². The first-order chi connectivity index (χ1) is 20.5. The van der Waals surface area contributed by atoms with Crippen molar-refractivity contribution in [1.29, 1.82) is 5.26 Å². The Kier molecular flexibility index (Phi) is 12.1. The number of amides is 4. The van der Waals surface area contributed by atoms with E-state index in [1.807, 2.05) is 20.8 Å². The summed E-state index contributed by atoms with van der Waals surface area (Å²) in [5, 5.41) is 14.7. The third kappa shape index (κ3) is 10.1. The van der Waals surface area contributed by atoms with Crippen molar-refractivity contribution in [2.45, 2.75) is 65.1 Å². The van der Waals surface area contributed by atoms with E-state index >= 15 is 0 Å². The second kappa shape index (κ2) is 15.7. The maximum atomic E-state index is 13.6. The molecule has 1 aliphatic rings. The summed E-state index contributed by atoms with van der Waals surface area (Å²) in [7, 11) is 0. The van der Waals surface area contributed by atoms with Crippen molar-refractivity contribution < 1.29 is 28.7 Å². The van der Waals surface area contributed by atoms with Crippen molar-refractivity contribution in [3.63, 3.8) is 0 Å². The van der Waals surface area contributed by atoms with Crippen molar-refractivity contribution in [2.24, 2.45) is 11.1 Å². The number of nitrogens with one attached hydrogen (secondary N) is 2. The molecule has 2 aromatic rings. The van der Waals surface area contributed by atoms with E-state index < -0.39 is 29.3 Å². The highest BCUT2D eigenvalue weighted by molar-refractivity contribution is 5.93. The number of nitrogens with zero attached hydrogens (tertiary/aromatic N) is 2. The zero-order valence-corrected chi connectivity index (χ0v) is 25.1. The Morgan fingerprint density at radius 2 is 1.72 bits per heavy atom. The van der Waals surface area contributed by atoms with Gasteiger partial charge in [0, 0.05) is 25.3 Å². The fraction of sp³-hybridized carbons (Fsp3) is 0.469. The van der Waals surface area contributed by atoms with Crippen LogP contribution in [0.3, 0.4) is 0 Å². The molecule has 3 rings (SSSR count). The van der Waals surface area contributed by atoms with E-state index in [2.05, 4.69) is 16.7 Å². The van der Waals surface area contributed by atoms with Crippen LogP contribution in [-0.4, -0.2) is 67.0 Å². The van der Waals surface area contributed by atoms with E-state index in [1.165, 1.54) is 0 Å². The SMILES string of the molecule is CC(C)(C)[C@H](NC(=O)COCCCCOc1ccc(C(N)=O)cc1)C(=O)N1CCC[C@H]1C(=O)NCc1ccc(C#N)cc1. The van der Waals surface area contributed by atoms with Gasteiger partial charge in [0.05, 0.1) is 18.2 Å². The van der Waals surface area contributed by atoms with Gasteiger partial charge in [-0.3, -0.25) is 19.2 Å². The zero-order chi connectivity index (χ0) is 31.4. The molecule has 0 aliphatic carbocycles. The quantitative estimate of drug-likeness (QED) is 0.284. The molecular weight excluding hydrogens is 550 g/mol. The van der Waals surface area contributed by atoms with Crippen LogP contribution < -0.4 is 21.1 Å². The van der Waals surface area contributed by atoms with Gasteiger partial charge in [0.1, 0.15) is 24.4 Å². The molecule has 4 amide bonds. The average Bonchev–Trinajstić information content (AvgIpc) is 3.48. The maximum Gasteiger partial charge on any atom is 0.248 e. The van der Waals surface area contributed by atoms with Crippen LogP contribution in [0.2, 0.25) is 0 Å². The van der Waals surface area contributed by atoms with E-state index in [0.29, 0.717) is 62.3 Å². The second-order valence-corrected chi connectivity index (χ2v) is 11.6. The standard InChI is InChI=1S/C32H41N5O6/c1-32(2,3)28(36-27(38)21-42-17-4-5-18-43-25-14-12-24(13-15-25)29(34)39)31(41)37-16-6-7-26(37)30(40)35-20-23-10-8-22(19-33)9-11-23/h8-15,26,28H,4-7,16-18,20-21H2,1-3H3,(H2,34,39)(H,35,40)(H,36,38)/t26-,28+/m0/s1. The number of nitriles is 1. The summed E-state index contributed by atoms with van der Waals surface area (Å²) < 4.78 is 11.2. The molecule has 0 aromatic heterocycles. The van der Waals surface area contributed by atoms with E-state index in [1.54, 1.807) is 53.4 Å². The Morgan fingerprint density at radius 3 is 2.35 bits per heavy atom. The molecule has 0 radical (unpaired) electrons. The third-order valence-electron chi connectivity index (χ3n) is 7.13. The highest BCUT2D eigenvalue weighted by atomic mass is 16.5. The predicted molar refractivity (Wildman–Crippen MR) is 160 cm³/mol. The lowest BCUT2D eigenvalue weighted by Crippen LogP contribution is -2.58. The fourth-order valence-corrected chi connectivity index (χ4v) is 4.70. The monoisotopic (exact) mass is 591 g/mol. The molecule has 0 saturated carbocycles. The molecule has 43 heavy (non-hydrogen) atoms. The van der Waals surface area contributed by atoms with Crippen LogP contribution in [0.25, 0.3) is 0 Å². The summed E-state index contributed by atoms with van der Waals surface area (Å²) in [6.07, 6.45) is 2.60. The molecule has 4 N–H and O–H groups in total. The largest absolute Gasteiger partial charge is 0.494 e. The van der Waals surface area contributed by atoms with Crippen molar-refractivity contribution in [3.8, 4) is 11.8 Å². The number of unbranched alkanes of at least 4 members (excludes halogenated alkanes) is 1. The lowest BCUT2D eigenvalue weighted by atomic mass is 9.85. The number of hydrogen-bond donors (Lipinski definition) is 3.